The first-order valence-electron chi connectivity index (χ1n) is 9.13. The van der Waals surface area contributed by atoms with Gasteiger partial charge in [0.1, 0.15) is 17.4 Å². The Kier molecular flexibility index (Phi) is 5.18. The van der Waals surface area contributed by atoms with Crippen molar-refractivity contribution in [1.82, 2.24) is 4.98 Å². The second-order valence-corrected chi connectivity index (χ2v) is 9.95. The molecule has 2 heterocycles. The molecular formula is C20H20N2O5S2. The summed E-state index contributed by atoms with van der Waals surface area (Å²) in [5, 5.41) is 0.854. The number of rotatable bonds is 6. The van der Waals surface area contributed by atoms with E-state index in [0.717, 1.165) is 21.1 Å². The standard InChI is InChI=1S/C20H20N2O5S2/c1-3-29(24,25)15-7-4-6-13(10-15)19(23)27-14-11-22(12-14)20-21-18-16(26-2)8-5-9-17(18)28-20/h4-10,14H,3,11-12H2,1-2H3. The zero-order valence-electron chi connectivity index (χ0n) is 16.0. The maximum absolute atomic E-state index is 12.4. The summed E-state index contributed by atoms with van der Waals surface area (Å²) in [6.45, 7) is 2.66. The molecule has 0 amide bonds. The third-order valence-corrected chi connectivity index (χ3v) is 7.61. The van der Waals surface area contributed by atoms with Crippen molar-refractivity contribution < 1.29 is 22.7 Å². The first-order chi connectivity index (χ1) is 13.9. The number of ether oxygens (including phenoxy) is 2. The number of carbonyl (C=O) groups is 1. The number of anilines is 1. The fourth-order valence-corrected chi connectivity index (χ4v) is 5.01. The summed E-state index contributed by atoms with van der Waals surface area (Å²) >= 11 is 1.56. The molecule has 0 N–H and O–H groups in total. The topological polar surface area (TPSA) is 85.8 Å². The number of nitrogens with zero attached hydrogens (tertiary/aromatic N) is 2. The Hall–Kier alpha value is -2.65. The van der Waals surface area contributed by atoms with Crippen molar-refractivity contribution in [2.75, 3.05) is 30.9 Å². The highest BCUT2D eigenvalue weighted by atomic mass is 32.2. The van der Waals surface area contributed by atoms with E-state index in [2.05, 4.69) is 4.98 Å². The Balaban J connectivity index is 1.41. The van der Waals surface area contributed by atoms with E-state index < -0.39 is 15.8 Å². The van der Waals surface area contributed by atoms with Gasteiger partial charge in [0.15, 0.2) is 15.0 Å². The highest BCUT2D eigenvalue weighted by Gasteiger charge is 2.32. The first-order valence-corrected chi connectivity index (χ1v) is 11.6. The highest BCUT2D eigenvalue weighted by Crippen LogP contribution is 2.36. The monoisotopic (exact) mass is 432 g/mol. The molecule has 3 aromatic rings. The number of para-hydroxylation sites is 1. The second-order valence-electron chi connectivity index (χ2n) is 6.67. The molecule has 1 aliphatic heterocycles. The molecule has 7 nitrogen and oxygen atoms in total. The molecule has 9 heteroatoms. The number of esters is 1. The van der Waals surface area contributed by atoms with Crippen LogP contribution in [0.5, 0.6) is 5.75 Å². The van der Waals surface area contributed by atoms with Crippen molar-refractivity contribution in [3.8, 4) is 5.75 Å². The average molecular weight is 433 g/mol. The number of fused-ring (bicyclic) bond motifs is 1. The fraction of sp³-hybridized carbons (Fsp3) is 0.300. The van der Waals surface area contributed by atoms with Crippen LogP contribution < -0.4 is 9.64 Å². The number of hydrogen-bond donors (Lipinski definition) is 0. The van der Waals surface area contributed by atoms with Gasteiger partial charge in [-0.3, -0.25) is 0 Å². The summed E-state index contributed by atoms with van der Waals surface area (Å²) in [5.74, 6) is 0.194. The van der Waals surface area contributed by atoms with Gasteiger partial charge in [0.25, 0.3) is 0 Å². The zero-order valence-corrected chi connectivity index (χ0v) is 17.6. The number of hydrogen-bond acceptors (Lipinski definition) is 8. The SMILES string of the molecule is CCS(=O)(=O)c1cccc(C(=O)OC2CN(c3nc4c(OC)cccc4s3)C2)c1. The molecule has 2 aromatic carbocycles. The normalized spacial score (nSPS) is 14.6. The molecule has 0 bridgehead atoms. The van der Waals surface area contributed by atoms with Gasteiger partial charge in [0, 0.05) is 0 Å². The molecule has 152 valence electrons. The zero-order chi connectivity index (χ0) is 20.6. The largest absolute Gasteiger partial charge is 0.494 e. The van der Waals surface area contributed by atoms with E-state index >= 15 is 0 Å². The number of thiazole rings is 1. The van der Waals surface area contributed by atoms with Crippen LogP contribution in [0.15, 0.2) is 47.4 Å². The number of benzene rings is 2. The van der Waals surface area contributed by atoms with E-state index in [1.54, 1.807) is 37.5 Å². The van der Waals surface area contributed by atoms with E-state index in [1.807, 2.05) is 23.1 Å². The molecule has 1 saturated heterocycles. The summed E-state index contributed by atoms with van der Waals surface area (Å²) in [7, 11) is -1.75. The lowest BCUT2D eigenvalue weighted by molar-refractivity contribution is 0.0234. The van der Waals surface area contributed by atoms with E-state index in [0.29, 0.717) is 13.1 Å². The molecule has 0 spiro atoms. The lowest BCUT2D eigenvalue weighted by Crippen LogP contribution is -2.53. The van der Waals surface area contributed by atoms with E-state index in [4.69, 9.17) is 9.47 Å². The van der Waals surface area contributed by atoms with Crippen molar-refractivity contribution >= 4 is 42.5 Å². The minimum Gasteiger partial charge on any atom is -0.494 e. The van der Waals surface area contributed by atoms with Gasteiger partial charge in [-0.15, -0.1) is 0 Å². The van der Waals surface area contributed by atoms with E-state index in [-0.39, 0.29) is 22.3 Å². The molecule has 0 radical (unpaired) electrons. The third kappa shape index (κ3) is 3.79. The predicted molar refractivity (Wildman–Crippen MR) is 112 cm³/mol. The predicted octanol–water partition coefficient (Wildman–Crippen LogP) is 3.14. The van der Waals surface area contributed by atoms with Crippen molar-refractivity contribution in [2.24, 2.45) is 0 Å². The summed E-state index contributed by atoms with van der Waals surface area (Å²) in [6.07, 6.45) is -0.261. The summed E-state index contributed by atoms with van der Waals surface area (Å²) in [4.78, 5) is 19.2. The van der Waals surface area contributed by atoms with Gasteiger partial charge in [-0.1, -0.05) is 30.4 Å². The molecule has 1 fully saturated rings. The number of methoxy groups -OCH3 is 1. The van der Waals surface area contributed by atoms with Gasteiger partial charge in [-0.05, 0) is 30.3 Å². The highest BCUT2D eigenvalue weighted by molar-refractivity contribution is 7.91. The van der Waals surface area contributed by atoms with Crippen LogP contribution in [0.3, 0.4) is 0 Å². The van der Waals surface area contributed by atoms with Crippen LogP contribution >= 0.6 is 11.3 Å². The number of carbonyl (C=O) groups excluding carboxylic acids is 1. The van der Waals surface area contributed by atoms with Crippen molar-refractivity contribution in [3.63, 3.8) is 0 Å². The van der Waals surface area contributed by atoms with Crippen molar-refractivity contribution in [1.29, 1.82) is 0 Å². The lowest BCUT2D eigenvalue weighted by atomic mass is 10.2. The Morgan fingerprint density at radius 2 is 2.00 bits per heavy atom. The summed E-state index contributed by atoms with van der Waals surface area (Å²) < 4.78 is 35.9. The van der Waals surface area contributed by atoms with Crippen LogP contribution in [0.2, 0.25) is 0 Å². The molecule has 0 saturated carbocycles. The Labute approximate surface area is 172 Å². The van der Waals surface area contributed by atoms with Gasteiger partial charge in [-0.2, -0.15) is 0 Å². The van der Waals surface area contributed by atoms with Crippen LogP contribution in [-0.4, -0.2) is 51.4 Å². The Morgan fingerprint density at radius 1 is 1.24 bits per heavy atom. The fourth-order valence-electron chi connectivity index (χ4n) is 3.08. The van der Waals surface area contributed by atoms with E-state index in [1.165, 1.54) is 12.1 Å². The van der Waals surface area contributed by atoms with Gasteiger partial charge >= 0.3 is 5.97 Å². The van der Waals surface area contributed by atoms with Crippen LogP contribution in [0, 0.1) is 0 Å². The van der Waals surface area contributed by atoms with Crippen LogP contribution in [0.25, 0.3) is 10.2 Å². The molecule has 1 aliphatic rings. The lowest BCUT2D eigenvalue weighted by Gasteiger charge is -2.38. The number of aromatic nitrogens is 1. The molecule has 1 aromatic heterocycles. The van der Waals surface area contributed by atoms with Crippen molar-refractivity contribution in [2.45, 2.75) is 17.9 Å². The summed E-state index contributed by atoms with van der Waals surface area (Å²) in [6, 6.07) is 11.8. The molecule has 29 heavy (non-hydrogen) atoms. The minimum absolute atomic E-state index is 0.0178. The Morgan fingerprint density at radius 3 is 2.72 bits per heavy atom. The van der Waals surface area contributed by atoms with Gasteiger partial charge in [-0.25, -0.2) is 18.2 Å². The van der Waals surface area contributed by atoms with E-state index in [9.17, 15) is 13.2 Å². The van der Waals surface area contributed by atoms with Crippen LogP contribution in [-0.2, 0) is 14.6 Å². The quantitative estimate of drug-likeness (QED) is 0.553. The molecule has 0 atom stereocenters. The molecule has 4 rings (SSSR count). The van der Waals surface area contributed by atoms with Crippen molar-refractivity contribution in [3.05, 3.63) is 48.0 Å². The maximum atomic E-state index is 12.4. The van der Waals surface area contributed by atoms with Gasteiger partial charge in [0.2, 0.25) is 0 Å². The van der Waals surface area contributed by atoms with Crippen LogP contribution in [0.1, 0.15) is 17.3 Å². The smallest absolute Gasteiger partial charge is 0.338 e. The minimum atomic E-state index is -3.37. The molecular weight excluding hydrogens is 412 g/mol. The molecule has 0 aliphatic carbocycles. The number of sulfone groups is 1. The first kappa shape index (κ1) is 19.7. The second kappa shape index (κ2) is 7.64. The summed E-state index contributed by atoms with van der Waals surface area (Å²) in [5.41, 5.74) is 1.06. The van der Waals surface area contributed by atoms with Gasteiger partial charge in [0.05, 0.1) is 41.1 Å². The molecule has 0 unspecified atom stereocenters. The average Bonchev–Trinajstić information content (AvgIpc) is 3.13. The van der Waals surface area contributed by atoms with Gasteiger partial charge < -0.3 is 14.4 Å². The maximum Gasteiger partial charge on any atom is 0.338 e. The third-order valence-electron chi connectivity index (χ3n) is 4.79. The van der Waals surface area contributed by atoms with Crippen LogP contribution in [0.4, 0.5) is 5.13 Å². The Bertz CT molecular complexity index is 1170.